The number of rotatable bonds is 8. The summed E-state index contributed by atoms with van der Waals surface area (Å²) >= 11 is 3.55. The van der Waals surface area contributed by atoms with Crippen molar-refractivity contribution in [3.05, 3.63) is 46.4 Å². The van der Waals surface area contributed by atoms with Crippen molar-refractivity contribution in [3.8, 4) is 17.2 Å². The number of nitrogens with zero attached hydrogens (tertiary/aromatic N) is 2. The monoisotopic (exact) mass is 476 g/mol. The number of ether oxygens (including phenoxy) is 3. The summed E-state index contributed by atoms with van der Waals surface area (Å²) in [5.74, 6) is 2.53. The van der Waals surface area contributed by atoms with Gasteiger partial charge < -0.3 is 19.1 Å². The van der Waals surface area contributed by atoms with Crippen molar-refractivity contribution >= 4 is 21.6 Å². The van der Waals surface area contributed by atoms with E-state index in [1.165, 1.54) is 11.3 Å². The van der Waals surface area contributed by atoms with Crippen molar-refractivity contribution in [1.29, 1.82) is 0 Å². The van der Waals surface area contributed by atoms with Crippen LogP contribution in [0.2, 0.25) is 0 Å². The van der Waals surface area contributed by atoms with Crippen LogP contribution in [0.1, 0.15) is 38.8 Å². The maximum Gasteiger partial charge on any atom is 0.161 e. The van der Waals surface area contributed by atoms with Crippen LogP contribution in [0.25, 0.3) is 0 Å². The number of benzene rings is 2. The molecular formula is C24H33BrN2O3. The van der Waals surface area contributed by atoms with E-state index in [2.05, 4.69) is 63.0 Å². The van der Waals surface area contributed by atoms with E-state index in [1.54, 1.807) is 7.11 Å². The van der Waals surface area contributed by atoms with Gasteiger partial charge in [0.2, 0.25) is 0 Å². The molecule has 0 bridgehead atoms. The zero-order chi connectivity index (χ0) is 21.5. The lowest BCUT2D eigenvalue weighted by Gasteiger charge is -2.29. The molecule has 1 saturated heterocycles. The molecule has 6 heteroatoms. The van der Waals surface area contributed by atoms with E-state index in [-0.39, 0.29) is 0 Å². The lowest BCUT2D eigenvalue weighted by Crippen LogP contribution is -2.32. The van der Waals surface area contributed by atoms with Crippen LogP contribution in [-0.2, 0) is 0 Å². The zero-order valence-electron chi connectivity index (χ0n) is 18.5. The molecule has 0 saturated carbocycles. The Labute approximate surface area is 189 Å². The van der Waals surface area contributed by atoms with Crippen molar-refractivity contribution in [3.63, 3.8) is 0 Å². The van der Waals surface area contributed by atoms with Gasteiger partial charge in [0.05, 0.1) is 24.8 Å². The van der Waals surface area contributed by atoms with Crippen molar-refractivity contribution in [1.82, 2.24) is 4.90 Å². The van der Waals surface area contributed by atoms with Crippen LogP contribution >= 0.6 is 15.9 Å². The molecular weight excluding hydrogens is 444 g/mol. The molecule has 1 unspecified atom stereocenters. The van der Waals surface area contributed by atoms with E-state index in [4.69, 9.17) is 14.2 Å². The number of hydrogen-bond donors (Lipinski definition) is 0. The van der Waals surface area contributed by atoms with E-state index in [9.17, 15) is 0 Å². The molecule has 5 nitrogen and oxygen atoms in total. The quantitative estimate of drug-likeness (QED) is 0.500. The third-order valence-corrected chi connectivity index (χ3v) is 6.28. The molecule has 2 aromatic rings. The first-order chi connectivity index (χ1) is 14.6. The highest BCUT2D eigenvalue weighted by atomic mass is 79.9. The van der Waals surface area contributed by atoms with Crippen LogP contribution in [-0.4, -0.2) is 51.4 Å². The third kappa shape index (κ3) is 5.41. The molecule has 0 amide bonds. The maximum absolute atomic E-state index is 5.83. The summed E-state index contributed by atoms with van der Waals surface area (Å²) in [6, 6.07) is 13.0. The van der Waals surface area contributed by atoms with Gasteiger partial charge in [-0.1, -0.05) is 6.07 Å². The van der Waals surface area contributed by atoms with Crippen LogP contribution in [0.15, 0.2) is 40.9 Å². The Morgan fingerprint density at radius 3 is 2.40 bits per heavy atom. The van der Waals surface area contributed by atoms with Crippen molar-refractivity contribution in [2.24, 2.45) is 0 Å². The first kappa shape index (κ1) is 22.8. The van der Waals surface area contributed by atoms with Gasteiger partial charge in [0.25, 0.3) is 0 Å². The number of halogens is 1. The Kier molecular flexibility index (Phi) is 8.28. The molecule has 2 aromatic carbocycles. The Morgan fingerprint density at radius 2 is 1.67 bits per heavy atom. The molecule has 164 valence electrons. The molecule has 30 heavy (non-hydrogen) atoms. The predicted octanol–water partition coefficient (Wildman–Crippen LogP) is 5.53. The zero-order valence-corrected chi connectivity index (χ0v) is 20.1. The molecule has 0 aliphatic carbocycles. The van der Waals surface area contributed by atoms with Gasteiger partial charge in [-0.05, 0) is 73.0 Å². The van der Waals surface area contributed by atoms with Crippen molar-refractivity contribution in [2.75, 3.05) is 51.4 Å². The second kappa shape index (κ2) is 10.9. The first-order valence-corrected chi connectivity index (χ1v) is 11.6. The average molecular weight is 477 g/mol. The van der Waals surface area contributed by atoms with E-state index < -0.39 is 0 Å². The van der Waals surface area contributed by atoms with Crippen LogP contribution in [0.5, 0.6) is 17.2 Å². The fourth-order valence-electron chi connectivity index (χ4n) is 3.97. The summed E-state index contributed by atoms with van der Waals surface area (Å²) in [5.41, 5.74) is 2.48. The molecule has 1 heterocycles. The van der Waals surface area contributed by atoms with Crippen LogP contribution in [0.3, 0.4) is 0 Å². The number of hydrogen-bond acceptors (Lipinski definition) is 5. The molecule has 0 aromatic heterocycles. The first-order valence-electron chi connectivity index (χ1n) is 10.8. The smallest absolute Gasteiger partial charge is 0.161 e. The number of anilines is 1. The topological polar surface area (TPSA) is 34.2 Å². The molecule has 0 radical (unpaired) electrons. The largest absolute Gasteiger partial charge is 0.495 e. The van der Waals surface area contributed by atoms with Crippen molar-refractivity contribution < 1.29 is 14.2 Å². The average Bonchev–Trinajstić information content (AvgIpc) is 3.01. The minimum Gasteiger partial charge on any atom is -0.495 e. The molecule has 1 atom stereocenters. The number of methoxy groups -OCH3 is 1. The Balaban J connectivity index is 1.71. The van der Waals surface area contributed by atoms with Crippen molar-refractivity contribution in [2.45, 2.75) is 33.2 Å². The Bertz CT molecular complexity index is 830. The fraction of sp³-hybridized carbons (Fsp3) is 0.500. The summed E-state index contributed by atoms with van der Waals surface area (Å²) in [6.45, 7) is 11.7. The second-order valence-electron chi connectivity index (χ2n) is 7.44. The van der Waals surface area contributed by atoms with Gasteiger partial charge >= 0.3 is 0 Å². The molecule has 1 aliphatic heterocycles. The van der Waals surface area contributed by atoms with E-state index in [1.807, 2.05) is 19.9 Å². The second-order valence-corrected chi connectivity index (χ2v) is 8.30. The molecule has 1 aliphatic rings. The summed E-state index contributed by atoms with van der Waals surface area (Å²) in [4.78, 5) is 5.01. The Hall–Kier alpha value is -1.92. The lowest BCUT2D eigenvalue weighted by molar-refractivity contribution is 0.225. The summed E-state index contributed by atoms with van der Waals surface area (Å²) < 4.78 is 18.0. The van der Waals surface area contributed by atoms with Gasteiger partial charge in [-0.2, -0.15) is 0 Å². The van der Waals surface area contributed by atoms with Gasteiger partial charge in [-0.25, -0.2) is 0 Å². The highest BCUT2D eigenvalue weighted by Gasteiger charge is 2.22. The lowest BCUT2D eigenvalue weighted by atomic mass is 10.1. The SMILES string of the molecule is CCOc1ccc(C(C)N2CCCN(c3ccc(Br)c(OC)c3)CC2)cc1OCC. The van der Waals surface area contributed by atoms with E-state index >= 15 is 0 Å². The highest BCUT2D eigenvalue weighted by molar-refractivity contribution is 9.10. The van der Waals surface area contributed by atoms with E-state index in [0.717, 1.165) is 54.3 Å². The third-order valence-electron chi connectivity index (χ3n) is 5.63. The van der Waals surface area contributed by atoms with Gasteiger partial charge in [0.1, 0.15) is 5.75 Å². The standard InChI is InChI=1S/C24H33BrN2O3/c1-5-29-22-11-8-19(16-24(22)30-6-2)18(3)26-12-7-13-27(15-14-26)20-9-10-21(25)23(17-20)28-4/h8-11,16-18H,5-7,12-15H2,1-4H3. The van der Waals surface area contributed by atoms with Gasteiger partial charge in [-0.3, -0.25) is 4.90 Å². The molecule has 0 spiro atoms. The summed E-state index contributed by atoms with van der Waals surface area (Å²) in [5, 5.41) is 0. The normalized spacial score (nSPS) is 16.1. The molecule has 1 fully saturated rings. The summed E-state index contributed by atoms with van der Waals surface area (Å²) in [6.07, 6.45) is 1.12. The van der Waals surface area contributed by atoms with Gasteiger partial charge in [0, 0.05) is 44.0 Å². The maximum atomic E-state index is 5.83. The minimum atomic E-state index is 0.319. The summed E-state index contributed by atoms with van der Waals surface area (Å²) in [7, 11) is 1.71. The van der Waals surface area contributed by atoms with Crippen LogP contribution in [0.4, 0.5) is 5.69 Å². The highest BCUT2D eigenvalue weighted by Crippen LogP contribution is 2.34. The minimum absolute atomic E-state index is 0.319. The fourth-order valence-corrected chi connectivity index (χ4v) is 4.37. The van der Waals surface area contributed by atoms with Gasteiger partial charge in [-0.15, -0.1) is 0 Å². The Morgan fingerprint density at radius 1 is 0.900 bits per heavy atom. The predicted molar refractivity (Wildman–Crippen MR) is 126 cm³/mol. The molecule has 3 rings (SSSR count). The van der Waals surface area contributed by atoms with Gasteiger partial charge in [0.15, 0.2) is 11.5 Å². The van der Waals surface area contributed by atoms with E-state index in [0.29, 0.717) is 19.3 Å². The molecule has 0 N–H and O–H groups in total. The van der Waals surface area contributed by atoms with Crippen LogP contribution < -0.4 is 19.1 Å². The van der Waals surface area contributed by atoms with Crippen LogP contribution in [0, 0.1) is 0 Å².